The molecule has 1 aliphatic carbocycles. The molecule has 7 heteroatoms. The predicted molar refractivity (Wildman–Crippen MR) is 95.1 cm³/mol. The van der Waals surface area contributed by atoms with Crippen molar-refractivity contribution in [1.29, 1.82) is 0 Å². The van der Waals surface area contributed by atoms with Crippen LogP contribution in [0.25, 0.3) is 0 Å². The zero-order valence-corrected chi connectivity index (χ0v) is 15.4. The Hall–Kier alpha value is -1.47. The Labute approximate surface area is 147 Å². The van der Waals surface area contributed by atoms with Crippen LogP contribution in [0.15, 0.2) is 23.7 Å². The number of pyridine rings is 1. The van der Waals surface area contributed by atoms with Gasteiger partial charge in [0.15, 0.2) is 9.84 Å². The van der Waals surface area contributed by atoms with Gasteiger partial charge in [0.1, 0.15) is 5.75 Å². The van der Waals surface area contributed by atoms with Crippen LogP contribution in [0.4, 0.5) is 0 Å². The SMILES string of the molecule is COc1ccnc(CS(=O)(=O)Cc2csc(C3CCCCC3)n2)c1. The number of hydrogen-bond donors (Lipinski definition) is 0. The van der Waals surface area contributed by atoms with E-state index in [2.05, 4.69) is 9.97 Å². The summed E-state index contributed by atoms with van der Waals surface area (Å²) in [5.41, 5.74) is 1.15. The van der Waals surface area contributed by atoms with E-state index in [1.54, 1.807) is 36.8 Å². The van der Waals surface area contributed by atoms with Crippen molar-refractivity contribution in [3.05, 3.63) is 40.1 Å². The molecule has 1 saturated carbocycles. The summed E-state index contributed by atoms with van der Waals surface area (Å²) in [6.45, 7) is 0. The van der Waals surface area contributed by atoms with Crippen LogP contribution in [0.5, 0.6) is 5.75 Å². The van der Waals surface area contributed by atoms with Crippen LogP contribution in [-0.2, 0) is 21.3 Å². The summed E-state index contributed by atoms with van der Waals surface area (Å²) in [7, 11) is -1.75. The van der Waals surface area contributed by atoms with Crippen LogP contribution in [0.2, 0.25) is 0 Å². The minimum Gasteiger partial charge on any atom is -0.497 e. The molecule has 0 bridgehead atoms. The number of sulfone groups is 1. The van der Waals surface area contributed by atoms with Crippen molar-refractivity contribution in [2.24, 2.45) is 0 Å². The fourth-order valence-corrected chi connectivity index (χ4v) is 5.50. The highest BCUT2D eigenvalue weighted by Gasteiger charge is 2.21. The number of hydrogen-bond acceptors (Lipinski definition) is 6. The summed E-state index contributed by atoms with van der Waals surface area (Å²) >= 11 is 1.60. The van der Waals surface area contributed by atoms with Crippen molar-refractivity contribution >= 4 is 21.2 Å². The smallest absolute Gasteiger partial charge is 0.161 e. The largest absolute Gasteiger partial charge is 0.497 e. The number of nitrogens with zero attached hydrogens (tertiary/aromatic N) is 2. The van der Waals surface area contributed by atoms with Gasteiger partial charge in [-0.15, -0.1) is 11.3 Å². The van der Waals surface area contributed by atoms with Gasteiger partial charge in [0.05, 0.1) is 35.0 Å². The van der Waals surface area contributed by atoms with Crippen molar-refractivity contribution in [2.75, 3.05) is 7.11 Å². The molecule has 0 aromatic carbocycles. The third-order valence-corrected chi connectivity index (χ3v) is 6.81. The summed E-state index contributed by atoms with van der Waals surface area (Å²) < 4.78 is 30.0. The highest BCUT2D eigenvalue weighted by Crippen LogP contribution is 2.34. The molecule has 0 aliphatic heterocycles. The number of thiazole rings is 1. The third kappa shape index (κ3) is 4.54. The molecule has 5 nitrogen and oxygen atoms in total. The summed E-state index contributed by atoms with van der Waals surface area (Å²) in [6.07, 6.45) is 7.71. The van der Waals surface area contributed by atoms with Crippen LogP contribution in [0.3, 0.4) is 0 Å². The maximum atomic E-state index is 12.4. The maximum Gasteiger partial charge on any atom is 0.161 e. The molecular weight excluding hydrogens is 344 g/mol. The fourth-order valence-electron chi connectivity index (χ4n) is 3.09. The van der Waals surface area contributed by atoms with Crippen LogP contribution < -0.4 is 4.74 Å². The van der Waals surface area contributed by atoms with Gasteiger partial charge in [-0.1, -0.05) is 19.3 Å². The molecule has 130 valence electrons. The monoisotopic (exact) mass is 366 g/mol. The molecule has 0 atom stereocenters. The minimum atomic E-state index is -3.30. The van der Waals surface area contributed by atoms with E-state index < -0.39 is 9.84 Å². The van der Waals surface area contributed by atoms with Crippen LogP contribution in [-0.4, -0.2) is 25.5 Å². The molecule has 1 fully saturated rings. The van der Waals surface area contributed by atoms with Gasteiger partial charge in [0, 0.05) is 23.6 Å². The second-order valence-corrected chi connectivity index (χ2v) is 9.19. The van der Waals surface area contributed by atoms with E-state index in [1.807, 2.05) is 5.38 Å². The van der Waals surface area contributed by atoms with Crippen molar-refractivity contribution in [3.63, 3.8) is 0 Å². The molecule has 2 aromatic heterocycles. The minimum absolute atomic E-state index is 0.0326. The first-order chi connectivity index (χ1) is 11.6. The molecule has 1 aliphatic rings. The summed E-state index contributed by atoms with van der Waals surface area (Å²) in [4.78, 5) is 8.70. The summed E-state index contributed by atoms with van der Waals surface area (Å²) in [5.74, 6) is 0.999. The van der Waals surface area contributed by atoms with Crippen molar-refractivity contribution < 1.29 is 13.2 Å². The number of rotatable bonds is 6. The Bertz CT molecular complexity index is 781. The highest BCUT2D eigenvalue weighted by molar-refractivity contribution is 7.89. The molecule has 0 amide bonds. The molecule has 0 radical (unpaired) electrons. The van der Waals surface area contributed by atoms with Crippen LogP contribution in [0, 0.1) is 0 Å². The van der Waals surface area contributed by atoms with E-state index in [9.17, 15) is 8.42 Å². The molecule has 2 aromatic rings. The molecule has 2 heterocycles. The van der Waals surface area contributed by atoms with E-state index in [1.165, 1.54) is 32.1 Å². The molecule has 0 spiro atoms. The topological polar surface area (TPSA) is 69.2 Å². The van der Waals surface area contributed by atoms with Gasteiger partial charge in [-0.05, 0) is 18.9 Å². The average Bonchev–Trinajstić information content (AvgIpc) is 3.03. The Balaban J connectivity index is 1.66. The first kappa shape index (κ1) is 17.4. The van der Waals surface area contributed by atoms with Crippen LogP contribution in [0.1, 0.15) is 54.4 Å². The van der Waals surface area contributed by atoms with Crippen molar-refractivity contribution in [2.45, 2.75) is 49.5 Å². The zero-order chi connectivity index (χ0) is 17.0. The number of ether oxygens (including phenoxy) is 1. The quantitative estimate of drug-likeness (QED) is 0.779. The second kappa shape index (κ2) is 7.61. The first-order valence-corrected chi connectivity index (χ1v) is 10.9. The van der Waals surface area contributed by atoms with Gasteiger partial charge in [-0.2, -0.15) is 0 Å². The number of aromatic nitrogens is 2. The van der Waals surface area contributed by atoms with E-state index in [0.29, 0.717) is 23.1 Å². The molecule has 24 heavy (non-hydrogen) atoms. The molecule has 0 N–H and O–H groups in total. The van der Waals surface area contributed by atoms with Crippen molar-refractivity contribution in [3.8, 4) is 5.75 Å². The lowest BCUT2D eigenvalue weighted by Gasteiger charge is -2.18. The zero-order valence-electron chi connectivity index (χ0n) is 13.8. The predicted octanol–water partition coefficient (Wildman–Crippen LogP) is 3.71. The van der Waals surface area contributed by atoms with E-state index in [-0.39, 0.29) is 11.5 Å². The molecular formula is C17H22N2O3S2. The summed E-state index contributed by atoms with van der Waals surface area (Å²) in [5, 5.41) is 2.99. The highest BCUT2D eigenvalue weighted by atomic mass is 32.2. The van der Waals surface area contributed by atoms with E-state index in [4.69, 9.17) is 4.74 Å². The third-order valence-electron chi connectivity index (χ3n) is 4.28. The molecule has 0 unspecified atom stereocenters. The van der Waals surface area contributed by atoms with Gasteiger partial charge in [0.2, 0.25) is 0 Å². The Morgan fingerprint density at radius 1 is 1.21 bits per heavy atom. The number of methoxy groups -OCH3 is 1. The molecule has 0 saturated heterocycles. The normalized spacial score (nSPS) is 16.2. The van der Waals surface area contributed by atoms with Crippen LogP contribution >= 0.6 is 11.3 Å². The maximum absolute atomic E-state index is 12.4. The van der Waals surface area contributed by atoms with E-state index >= 15 is 0 Å². The average molecular weight is 367 g/mol. The summed E-state index contributed by atoms with van der Waals surface area (Å²) in [6, 6.07) is 3.36. The van der Waals surface area contributed by atoms with Gasteiger partial charge in [-0.25, -0.2) is 13.4 Å². The lowest BCUT2D eigenvalue weighted by Crippen LogP contribution is -2.10. The first-order valence-electron chi connectivity index (χ1n) is 8.19. The standard InChI is InChI=1S/C17H22N2O3S2/c1-22-16-7-8-18-14(9-16)11-24(20,21)12-15-10-23-17(19-15)13-5-3-2-4-6-13/h7-10,13H,2-6,11-12H2,1H3. The fraction of sp³-hybridized carbons (Fsp3) is 0.529. The Morgan fingerprint density at radius 3 is 2.71 bits per heavy atom. The Morgan fingerprint density at radius 2 is 1.96 bits per heavy atom. The van der Waals surface area contributed by atoms with Crippen molar-refractivity contribution in [1.82, 2.24) is 9.97 Å². The lowest BCUT2D eigenvalue weighted by molar-refractivity contribution is 0.413. The van der Waals surface area contributed by atoms with Gasteiger partial charge in [-0.3, -0.25) is 4.98 Å². The lowest BCUT2D eigenvalue weighted by atomic mass is 9.90. The van der Waals surface area contributed by atoms with E-state index in [0.717, 1.165) is 5.01 Å². The molecule has 3 rings (SSSR count). The second-order valence-electron chi connectivity index (χ2n) is 6.23. The van der Waals surface area contributed by atoms with Gasteiger partial charge < -0.3 is 4.74 Å². The van der Waals surface area contributed by atoms with Gasteiger partial charge in [0.25, 0.3) is 0 Å². The van der Waals surface area contributed by atoms with Gasteiger partial charge >= 0.3 is 0 Å². The Kier molecular flexibility index (Phi) is 5.50.